The third-order valence-electron chi connectivity index (χ3n) is 3.07. The van der Waals surface area contributed by atoms with Gasteiger partial charge in [-0.15, -0.1) is 0 Å². The molecule has 1 aromatic carbocycles. The number of nitrogens with two attached hydrogens (primary N) is 1. The summed E-state index contributed by atoms with van der Waals surface area (Å²) >= 11 is 0. The van der Waals surface area contributed by atoms with Crippen molar-refractivity contribution in [3.05, 3.63) is 35.1 Å². The van der Waals surface area contributed by atoms with Crippen molar-refractivity contribution in [2.24, 2.45) is 11.1 Å². The van der Waals surface area contributed by atoms with E-state index in [1.807, 2.05) is 13.0 Å². The predicted molar refractivity (Wildman–Crippen MR) is 75.0 cm³/mol. The molecule has 2 N–H and O–H groups in total. The molecular weight excluding hydrogens is 227 g/mol. The summed E-state index contributed by atoms with van der Waals surface area (Å²) in [5.74, 6) is -0.189. The molecule has 0 amide bonds. The summed E-state index contributed by atoms with van der Waals surface area (Å²) < 4.78 is 13.1. The second-order valence-electron chi connectivity index (χ2n) is 6.23. The van der Waals surface area contributed by atoms with E-state index in [-0.39, 0.29) is 17.3 Å². The summed E-state index contributed by atoms with van der Waals surface area (Å²) in [6.45, 7) is 10.0. The first-order valence-electron chi connectivity index (χ1n) is 6.41. The Morgan fingerprint density at radius 2 is 1.94 bits per heavy atom. The lowest BCUT2D eigenvalue weighted by Crippen LogP contribution is -2.36. The number of likely N-dealkylation sites (N-methyl/N-ethyl adjacent to an activating group) is 1. The lowest BCUT2D eigenvalue weighted by Gasteiger charge is -2.33. The Labute approximate surface area is 110 Å². The second-order valence-corrected chi connectivity index (χ2v) is 6.23. The standard InChI is InChI=1S/C15H25FN2/c1-11-8-12(16)6-7-13(11)14(9-17)18(5)10-15(2,3)4/h6-8,14H,9-10,17H2,1-5H3. The van der Waals surface area contributed by atoms with Gasteiger partial charge in [-0.05, 0) is 42.6 Å². The van der Waals surface area contributed by atoms with Crippen LogP contribution in [0.3, 0.4) is 0 Å². The van der Waals surface area contributed by atoms with Crippen LogP contribution < -0.4 is 5.73 Å². The zero-order valence-electron chi connectivity index (χ0n) is 12.1. The molecule has 0 bridgehead atoms. The van der Waals surface area contributed by atoms with Crippen LogP contribution in [-0.2, 0) is 0 Å². The van der Waals surface area contributed by atoms with Crippen molar-refractivity contribution in [3.63, 3.8) is 0 Å². The molecule has 1 atom stereocenters. The fourth-order valence-electron chi connectivity index (χ4n) is 2.42. The zero-order valence-corrected chi connectivity index (χ0v) is 12.1. The summed E-state index contributed by atoms with van der Waals surface area (Å²) in [5.41, 5.74) is 8.19. The molecule has 1 rings (SSSR count). The Balaban J connectivity index is 2.95. The van der Waals surface area contributed by atoms with E-state index in [9.17, 15) is 4.39 Å². The minimum atomic E-state index is -0.189. The normalized spacial score (nSPS) is 14.0. The zero-order chi connectivity index (χ0) is 13.9. The van der Waals surface area contributed by atoms with Crippen LogP contribution >= 0.6 is 0 Å². The first-order valence-corrected chi connectivity index (χ1v) is 6.41. The second kappa shape index (κ2) is 5.81. The maximum absolute atomic E-state index is 13.1. The molecule has 3 heteroatoms. The Hall–Kier alpha value is -0.930. The molecule has 0 saturated heterocycles. The molecule has 0 heterocycles. The average Bonchev–Trinajstić information content (AvgIpc) is 2.19. The van der Waals surface area contributed by atoms with E-state index in [1.165, 1.54) is 6.07 Å². The number of hydrogen-bond donors (Lipinski definition) is 1. The molecule has 0 aliphatic rings. The van der Waals surface area contributed by atoms with Gasteiger partial charge in [0.25, 0.3) is 0 Å². The van der Waals surface area contributed by atoms with Crippen molar-refractivity contribution in [1.82, 2.24) is 4.90 Å². The fraction of sp³-hybridized carbons (Fsp3) is 0.600. The monoisotopic (exact) mass is 252 g/mol. The van der Waals surface area contributed by atoms with Gasteiger partial charge in [-0.3, -0.25) is 4.90 Å². The van der Waals surface area contributed by atoms with E-state index in [4.69, 9.17) is 5.73 Å². The number of hydrogen-bond acceptors (Lipinski definition) is 2. The molecule has 2 nitrogen and oxygen atoms in total. The highest BCUT2D eigenvalue weighted by Crippen LogP contribution is 2.26. The SMILES string of the molecule is Cc1cc(F)ccc1C(CN)N(C)CC(C)(C)C. The van der Waals surface area contributed by atoms with E-state index >= 15 is 0 Å². The highest BCUT2D eigenvalue weighted by molar-refractivity contribution is 5.29. The van der Waals surface area contributed by atoms with Gasteiger partial charge in [-0.2, -0.15) is 0 Å². The van der Waals surface area contributed by atoms with E-state index in [0.717, 1.165) is 17.7 Å². The van der Waals surface area contributed by atoms with Gasteiger partial charge >= 0.3 is 0 Å². The van der Waals surface area contributed by atoms with Gasteiger partial charge < -0.3 is 5.73 Å². The van der Waals surface area contributed by atoms with Crippen molar-refractivity contribution >= 4 is 0 Å². The van der Waals surface area contributed by atoms with E-state index in [0.29, 0.717) is 6.54 Å². The first-order chi connectivity index (χ1) is 8.24. The molecule has 0 aliphatic carbocycles. The molecule has 0 spiro atoms. The average molecular weight is 252 g/mol. The molecule has 0 radical (unpaired) electrons. The van der Waals surface area contributed by atoms with Gasteiger partial charge in [-0.1, -0.05) is 26.8 Å². The number of halogens is 1. The highest BCUT2D eigenvalue weighted by atomic mass is 19.1. The summed E-state index contributed by atoms with van der Waals surface area (Å²) in [5, 5.41) is 0. The van der Waals surface area contributed by atoms with E-state index < -0.39 is 0 Å². The summed E-state index contributed by atoms with van der Waals surface area (Å²) in [6.07, 6.45) is 0. The third kappa shape index (κ3) is 4.07. The van der Waals surface area contributed by atoms with Crippen molar-refractivity contribution in [1.29, 1.82) is 0 Å². The fourth-order valence-corrected chi connectivity index (χ4v) is 2.42. The van der Waals surface area contributed by atoms with Crippen LogP contribution in [0.2, 0.25) is 0 Å². The summed E-state index contributed by atoms with van der Waals surface area (Å²) in [4.78, 5) is 2.25. The van der Waals surface area contributed by atoms with Crippen LogP contribution in [0.25, 0.3) is 0 Å². The Kier molecular flexibility index (Phi) is 4.88. The van der Waals surface area contributed by atoms with Gasteiger partial charge in [0, 0.05) is 19.1 Å². The lowest BCUT2D eigenvalue weighted by atomic mass is 9.93. The molecule has 1 aromatic rings. The van der Waals surface area contributed by atoms with Gasteiger partial charge in [0.15, 0.2) is 0 Å². The van der Waals surface area contributed by atoms with Crippen LogP contribution in [0.4, 0.5) is 4.39 Å². The number of nitrogens with zero attached hydrogens (tertiary/aromatic N) is 1. The Bertz CT molecular complexity index is 396. The van der Waals surface area contributed by atoms with Crippen LogP contribution in [0.15, 0.2) is 18.2 Å². The molecule has 102 valence electrons. The van der Waals surface area contributed by atoms with Gasteiger partial charge in [0.05, 0.1) is 0 Å². The number of rotatable bonds is 4. The molecule has 1 unspecified atom stereocenters. The molecule has 0 fully saturated rings. The Morgan fingerprint density at radius 3 is 2.39 bits per heavy atom. The molecule has 0 aliphatic heterocycles. The topological polar surface area (TPSA) is 29.3 Å². The minimum absolute atomic E-state index is 0.143. The third-order valence-corrected chi connectivity index (χ3v) is 3.07. The maximum Gasteiger partial charge on any atom is 0.123 e. The molecule has 0 aromatic heterocycles. The quantitative estimate of drug-likeness (QED) is 0.892. The predicted octanol–water partition coefficient (Wildman–Crippen LogP) is 3.11. The number of aryl methyl sites for hydroxylation is 1. The smallest absolute Gasteiger partial charge is 0.123 e. The van der Waals surface area contributed by atoms with Crippen LogP contribution in [-0.4, -0.2) is 25.0 Å². The molecular formula is C15H25FN2. The lowest BCUT2D eigenvalue weighted by molar-refractivity contribution is 0.175. The van der Waals surface area contributed by atoms with Crippen LogP contribution in [0, 0.1) is 18.2 Å². The van der Waals surface area contributed by atoms with Crippen LogP contribution in [0.5, 0.6) is 0 Å². The van der Waals surface area contributed by atoms with Crippen molar-refractivity contribution < 1.29 is 4.39 Å². The maximum atomic E-state index is 13.1. The highest BCUT2D eigenvalue weighted by Gasteiger charge is 2.22. The minimum Gasteiger partial charge on any atom is -0.329 e. The van der Waals surface area contributed by atoms with Crippen molar-refractivity contribution in [2.45, 2.75) is 33.7 Å². The van der Waals surface area contributed by atoms with Crippen molar-refractivity contribution in [3.8, 4) is 0 Å². The van der Waals surface area contributed by atoms with E-state index in [1.54, 1.807) is 6.07 Å². The van der Waals surface area contributed by atoms with Gasteiger partial charge in [0.2, 0.25) is 0 Å². The van der Waals surface area contributed by atoms with E-state index in [2.05, 4.69) is 32.7 Å². The van der Waals surface area contributed by atoms with Crippen molar-refractivity contribution in [2.75, 3.05) is 20.1 Å². The first kappa shape index (κ1) is 15.1. The summed E-state index contributed by atoms with van der Waals surface area (Å²) in [7, 11) is 2.07. The summed E-state index contributed by atoms with van der Waals surface area (Å²) in [6, 6.07) is 5.07. The number of benzene rings is 1. The Morgan fingerprint density at radius 1 is 1.33 bits per heavy atom. The molecule has 18 heavy (non-hydrogen) atoms. The van der Waals surface area contributed by atoms with Crippen LogP contribution in [0.1, 0.15) is 37.9 Å². The largest absolute Gasteiger partial charge is 0.329 e. The molecule has 0 saturated carbocycles. The van der Waals surface area contributed by atoms with Gasteiger partial charge in [0.1, 0.15) is 5.82 Å². The van der Waals surface area contributed by atoms with Gasteiger partial charge in [-0.25, -0.2) is 4.39 Å².